The van der Waals surface area contributed by atoms with Crippen LogP contribution in [0.25, 0.3) is 0 Å². The van der Waals surface area contributed by atoms with Crippen molar-refractivity contribution >= 4 is 23.5 Å². The van der Waals surface area contributed by atoms with Gasteiger partial charge in [-0.05, 0) is 6.07 Å². The smallest absolute Gasteiger partial charge is 0.224 e. The van der Waals surface area contributed by atoms with Gasteiger partial charge >= 0.3 is 0 Å². The summed E-state index contributed by atoms with van der Waals surface area (Å²) in [5, 5.41) is 7.17. The molecule has 6 nitrogen and oxygen atoms in total. The number of rotatable bonds is 6. The lowest BCUT2D eigenvalue weighted by atomic mass is 10.6. The molecule has 0 fully saturated rings. The largest absolute Gasteiger partial charge is 0.373 e. The minimum Gasteiger partial charge on any atom is -0.373 e. The molecule has 2 aromatic heterocycles. The van der Waals surface area contributed by atoms with Gasteiger partial charge in [-0.3, -0.25) is 0 Å². The molecular formula is C11H16N6S. The molecule has 0 atom stereocenters. The number of nitrogens with zero attached hydrogens (tertiary/aromatic N) is 4. The van der Waals surface area contributed by atoms with Gasteiger partial charge in [-0.25, -0.2) is 9.97 Å². The van der Waals surface area contributed by atoms with E-state index in [1.54, 1.807) is 24.2 Å². The summed E-state index contributed by atoms with van der Waals surface area (Å²) in [5.74, 6) is 2.37. The van der Waals surface area contributed by atoms with Crippen LogP contribution in [0.4, 0.5) is 11.8 Å². The molecule has 2 rings (SSSR count). The molecule has 7 heteroatoms. The van der Waals surface area contributed by atoms with E-state index < -0.39 is 0 Å². The lowest BCUT2D eigenvalue weighted by Gasteiger charge is -2.06. The number of thioether (sulfide) groups is 1. The number of aromatic nitrogens is 4. The number of nitrogens with one attached hydrogen (secondary N) is 2. The second kappa shape index (κ2) is 6.25. The van der Waals surface area contributed by atoms with Gasteiger partial charge in [0.1, 0.15) is 5.82 Å². The Kier molecular flexibility index (Phi) is 4.40. The fraction of sp³-hybridized carbons (Fsp3) is 0.364. The van der Waals surface area contributed by atoms with Gasteiger partial charge in [0.2, 0.25) is 5.95 Å². The van der Waals surface area contributed by atoms with Gasteiger partial charge in [-0.1, -0.05) is 11.8 Å². The maximum atomic E-state index is 4.28. The molecule has 0 aromatic carbocycles. The first-order valence-electron chi connectivity index (χ1n) is 5.64. The minimum atomic E-state index is 0.641. The highest BCUT2D eigenvalue weighted by Crippen LogP contribution is 2.13. The van der Waals surface area contributed by atoms with Crippen LogP contribution in [-0.2, 0) is 7.05 Å². The third-order valence-electron chi connectivity index (χ3n) is 2.31. The molecule has 0 aliphatic rings. The molecule has 0 bridgehead atoms. The van der Waals surface area contributed by atoms with Crippen LogP contribution in [0.15, 0.2) is 29.8 Å². The maximum absolute atomic E-state index is 4.28. The van der Waals surface area contributed by atoms with Crippen LogP contribution in [0.2, 0.25) is 0 Å². The van der Waals surface area contributed by atoms with Gasteiger partial charge in [0.15, 0.2) is 5.16 Å². The standard InChI is InChI=1S/C11H16N6S/c1-12-9-3-4-13-10(16-9)14-6-8-18-11-15-5-7-17(11)2/h3-5,7H,6,8H2,1-2H3,(H2,12,13,14,16). The Hall–Kier alpha value is -1.76. The summed E-state index contributed by atoms with van der Waals surface area (Å²) in [4.78, 5) is 12.7. The number of imidazole rings is 1. The van der Waals surface area contributed by atoms with Crippen LogP contribution in [0.3, 0.4) is 0 Å². The quantitative estimate of drug-likeness (QED) is 0.608. The number of aryl methyl sites for hydroxylation is 1. The molecule has 2 aromatic rings. The Balaban J connectivity index is 1.76. The fourth-order valence-corrected chi connectivity index (χ4v) is 2.17. The zero-order valence-corrected chi connectivity index (χ0v) is 11.2. The zero-order chi connectivity index (χ0) is 12.8. The van der Waals surface area contributed by atoms with Crippen LogP contribution in [0.1, 0.15) is 0 Å². The molecule has 0 amide bonds. The number of hydrogen-bond acceptors (Lipinski definition) is 6. The Morgan fingerprint density at radius 1 is 1.33 bits per heavy atom. The van der Waals surface area contributed by atoms with E-state index >= 15 is 0 Å². The molecule has 0 aliphatic carbocycles. The SMILES string of the molecule is CNc1ccnc(NCCSc2nccn2C)n1. The molecule has 0 unspecified atom stereocenters. The predicted octanol–water partition coefficient (Wildman–Crippen LogP) is 1.46. The topological polar surface area (TPSA) is 67.7 Å². The van der Waals surface area contributed by atoms with Gasteiger partial charge in [-0.2, -0.15) is 4.98 Å². The Labute approximate surface area is 110 Å². The van der Waals surface area contributed by atoms with Crippen molar-refractivity contribution < 1.29 is 0 Å². The highest BCUT2D eigenvalue weighted by molar-refractivity contribution is 7.99. The van der Waals surface area contributed by atoms with Gasteiger partial charge in [0.25, 0.3) is 0 Å². The fourth-order valence-electron chi connectivity index (χ4n) is 1.38. The van der Waals surface area contributed by atoms with Gasteiger partial charge < -0.3 is 15.2 Å². The first-order chi connectivity index (χ1) is 8.79. The highest BCUT2D eigenvalue weighted by atomic mass is 32.2. The van der Waals surface area contributed by atoms with E-state index in [-0.39, 0.29) is 0 Å². The lowest BCUT2D eigenvalue weighted by Crippen LogP contribution is -2.08. The van der Waals surface area contributed by atoms with Gasteiger partial charge in [0.05, 0.1) is 0 Å². The Bertz CT molecular complexity index is 498. The molecule has 2 heterocycles. The van der Waals surface area contributed by atoms with E-state index in [1.165, 1.54) is 0 Å². The van der Waals surface area contributed by atoms with Crippen LogP contribution in [0.5, 0.6) is 0 Å². The van der Waals surface area contributed by atoms with Crippen molar-refractivity contribution in [3.05, 3.63) is 24.7 Å². The monoisotopic (exact) mass is 264 g/mol. The average Bonchev–Trinajstić information content (AvgIpc) is 2.81. The average molecular weight is 264 g/mol. The van der Waals surface area contributed by atoms with E-state index in [0.29, 0.717) is 5.95 Å². The summed E-state index contributed by atoms with van der Waals surface area (Å²) < 4.78 is 2.00. The van der Waals surface area contributed by atoms with Crippen LogP contribution >= 0.6 is 11.8 Å². The van der Waals surface area contributed by atoms with Crippen molar-refractivity contribution in [2.75, 3.05) is 30.0 Å². The Morgan fingerprint density at radius 2 is 2.22 bits per heavy atom. The molecule has 18 heavy (non-hydrogen) atoms. The van der Waals surface area contributed by atoms with E-state index in [4.69, 9.17) is 0 Å². The number of anilines is 2. The second-order valence-electron chi connectivity index (χ2n) is 3.61. The van der Waals surface area contributed by atoms with Crippen molar-refractivity contribution in [3.63, 3.8) is 0 Å². The maximum Gasteiger partial charge on any atom is 0.224 e. The predicted molar refractivity (Wildman–Crippen MR) is 74.0 cm³/mol. The van der Waals surface area contributed by atoms with Crippen molar-refractivity contribution in [1.29, 1.82) is 0 Å². The molecule has 0 saturated heterocycles. The van der Waals surface area contributed by atoms with Gasteiger partial charge in [0, 0.05) is 45.0 Å². The Morgan fingerprint density at radius 3 is 2.94 bits per heavy atom. The molecule has 0 radical (unpaired) electrons. The molecule has 2 N–H and O–H groups in total. The van der Waals surface area contributed by atoms with Crippen molar-refractivity contribution in [2.24, 2.45) is 7.05 Å². The van der Waals surface area contributed by atoms with Crippen molar-refractivity contribution in [3.8, 4) is 0 Å². The summed E-state index contributed by atoms with van der Waals surface area (Å²) >= 11 is 1.70. The number of hydrogen-bond donors (Lipinski definition) is 2. The van der Waals surface area contributed by atoms with E-state index in [0.717, 1.165) is 23.3 Å². The zero-order valence-electron chi connectivity index (χ0n) is 10.4. The molecule has 96 valence electrons. The van der Waals surface area contributed by atoms with Crippen molar-refractivity contribution in [2.45, 2.75) is 5.16 Å². The highest BCUT2D eigenvalue weighted by Gasteiger charge is 2.00. The van der Waals surface area contributed by atoms with E-state index in [2.05, 4.69) is 25.6 Å². The van der Waals surface area contributed by atoms with Gasteiger partial charge in [-0.15, -0.1) is 0 Å². The molecule has 0 spiro atoms. The molecular weight excluding hydrogens is 248 g/mol. The second-order valence-corrected chi connectivity index (χ2v) is 4.67. The summed E-state index contributed by atoms with van der Waals surface area (Å²) in [5.41, 5.74) is 0. The summed E-state index contributed by atoms with van der Waals surface area (Å²) in [7, 11) is 3.82. The summed E-state index contributed by atoms with van der Waals surface area (Å²) in [6, 6.07) is 1.83. The normalized spacial score (nSPS) is 10.3. The van der Waals surface area contributed by atoms with E-state index in [1.807, 2.05) is 30.9 Å². The van der Waals surface area contributed by atoms with Crippen molar-refractivity contribution in [1.82, 2.24) is 19.5 Å². The minimum absolute atomic E-state index is 0.641. The third kappa shape index (κ3) is 3.36. The van der Waals surface area contributed by atoms with Crippen LogP contribution < -0.4 is 10.6 Å². The third-order valence-corrected chi connectivity index (χ3v) is 3.36. The first kappa shape index (κ1) is 12.7. The molecule has 0 saturated carbocycles. The molecule has 0 aliphatic heterocycles. The summed E-state index contributed by atoms with van der Waals surface area (Å²) in [6.07, 6.45) is 5.47. The lowest BCUT2D eigenvalue weighted by molar-refractivity contribution is 0.790. The first-order valence-corrected chi connectivity index (χ1v) is 6.63. The van der Waals surface area contributed by atoms with Crippen LogP contribution in [-0.4, -0.2) is 38.9 Å². The summed E-state index contributed by atoms with van der Waals surface area (Å²) in [6.45, 7) is 0.796. The van der Waals surface area contributed by atoms with Crippen LogP contribution in [0, 0.1) is 0 Å². The van der Waals surface area contributed by atoms with E-state index in [9.17, 15) is 0 Å².